The maximum absolute atomic E-state index is 11.7. The molecule has 0 saturated carbocycles. The summed E-state index contributed by atoms with van der Waals surface area (Å²) in [5, 5.41) is 9.59. The van der Waals surface area contributed by atoms with Gasteiger partial charge in [0.2, 0.25) is 0 Å². The van der Waals surface area contributed by atoms with Crippen LogP contribution in [0.2, 0.25) is 0 Å². The van der Waals surface area contributed by atoms with Gasteiger partial charge in [0.05, 0.1) is 19.0 Å². The van der Waals surface area contributed by atoms with E-state index < -0.39 is 6.10 Å². The van der Waals surface area contributed by atoms with Crippen LogP contribution in [-0.4, -0.2) is 24.1 Å². The average molecular weight is 224 g/mol. The van der Waals surface area contributed by atoms with Crippen LogP contribution in [0.15, 0.2) is 24.0 Å². The van der Waals surface area contributed by atoms with Gasteiger partial charge in [-0.3, -0.25) is 4.79 Å². The van der Waals surface area contributed by atoms with E-state index in [4.69, 9.17) is 4.74 Å². The van der Waals surface area contributed by atoms with Crippen LogP contribution >= 0.6 is 0 Å². The Morgan fingerprint density at radius 3 is 2.94 bits per heavy atom. The zero-order valence-corrected chi connectivity index (χ0v) is 10.0. The highest BCUT2D eigenvalue weighted by molar-refractivity contribution is 5.92. The van der Waals surface area contributed by atoms with Gasteiger partial charge in [-0.1, -0.05) is 12.2 Å². The fourth-order valence-corrected chi connectivity index (χ4v) is 1.86. The molecule has 0 bridgehead atoms. The molecule has 0 spiro atoms. The number of ether oxygens (including phenoxy) is 1. The third-order valence-electron chi connectivity index (χ3n) is 3.06. The van der Waals surface area contributed by atoms with E-state index in [-0.39, 0.29) is 11.7 Å². The smallest absolute Gasteiger partial charge is 0.162 e. The summed E-state index contributed by atoms with van der Waals surface area (Å²) >= 11 is 0. The van der Waals surface area contributed by atoms with Crippen molar-refractivity contribution in [1.29, 1.82) is 0 Å². The SMILES string of the molecule is C=C(C)C(O)CCC1CCC(OC)=CC1=O. The van der Waals surface area contributed by atoms with Crippen molar-refractivity contribution in [2.24, 2.45) is 5.92 Å². The van der Waals surface area contributed by atoms with Gasteiger partial charge in [-0.15, -0.1) is 0 Å². The van der Waals surface area contributed by atoms with Gasteiger partial charge >= 0.3 is 0 Å². The van der Waals surface area contributed by atoms with Crippen molar-refractivity contribution in [2.75, 3.05) is 7.11 Å². The van der Waals surface area contributed by atoms with Gasteiger partial charge in [0.25, 0.3) is 0 Å². The molecule has 0 saturated heterocycles. The number of aliphatic hydroxyl groups excluding tert-OH is 1. The quantitative estimate of drug-likeness (QED) is 0.728. The minimum atomic E-state index is -0.486. The molecule has 0 aromatic carbocycles. The van der Waals surface area contributed by atoms with Gasteiger partial charge in [0.15, 0.2) is 5.78 Å². The molecule has 0 aliphatic heterocycles. The Kier molecular flexibility index (Phi) is 4.74. The van der Waals surface area contributed by atoms with Gasteiger partial charge in [0.1, 0.15) is 0 Å². The van der Waals surface area contributed by atoms with Crippen LogP contribution < -0.4 is 0 Å². The van der Waals surface area contributed by atoms with Crippen LogP contribution in [-0.2, 0) is 9.53 Å². The molecule has 90 valence electrons. The third kappa shape index (κ3) is 3.49. The first-order chi connectivity index (χ1) is 7.54. The van der Waals surface area contributed by atoms with Crippen molar-refractivity contribution in [1.82, 2.24) is 0 Å². The van der Waals surface area contributed by atoms with Crippen LogP contribution in [0.4, 0.5) is 0 Å². The molecule has 3 heteroatoms. The molecular formula is C13H20O3. The van der Waals surface area contributed by atoms with Gasteiger partial charge in [0, 0.05) is 18.4 Å². The standard InChI is InChI=1S/C13H20O3/c1-9(2)12(14)7-5-10-4-6-11(16-3)8-13(10)15/h8,10,12,14H,1,4-7H2,2-3H3. The van der Waals surface area contributed by atoms with Crippen LogP contribution in [0.5, 0.6) is 0 Å². The molecule has 0 fully saturated rings. The van der Waals surface area contributed by atoms with E-state index in [2.05, 4.69) is 6.58 Å². The summed E-state index contributed by atoms with van der Waals surface area (Å²) in [6.07, 6.45) is 4.07. The Morgan fingerprint density at radius 1 is 1.75 bits per heavy atom. The molecule has 3 nitrogen and oxygen atoms in total. The van der Waals surface area contributed by atoms with E-state index in [1.165, 1.54) is 0 Å². The van der Waals surface area contributed by atoms with Crippen LogP contribution in [0.1, 0.15) is 32.6 Å². The van der Waals surface area contributed by atoms with Gasteiger partial charge in [-0.05, 0) is 26.2 Å². The zero-order valence-electron chi connectivity index (χ0n) is 10.0. The van der Waals surface area contributed by atoms with Crippen LogP contribution in [0.25, 0.3) is 0 Å². The minimum Gasteiger partial charge on any atom is -0.501 e. The second-order valence-corrected chi connectivity index (χ2v) is 4.39. The van der Waals surface area contributed by atoms with Crippen molar-refractivity contribution < 1.29 is 14.6 Å². The fourth-order valence-electron chi connectivity index (χ4n) is 1.86. The molecule has 2 unspecified atom stereocenters. The number of hydrogen-bond acceptors (Lipinski definition) is 3. The maximum atomic E-state index is 11.7. The van der Waals surface area contributed by atoms with Gasteiger partial charge < -0.3 is 9.84 Å². The first kappa shape index (κ1) is 13.0. The lowest BCUT2D eigenvalue weighted by atomic mass is 9.87. The lowest BCUT2D eigenvalue weighted by Gasteiger charge is -2.21. The summed E-state index contributed by atoms with van der Waals surface area (Å²) in [5.41, 5.74) is 0.761. The first-order valence-corrected chi connectivity index (χ1v) is 5.66. The van der Waals surface area contributed by atoms with Crippen molar-refractivity contribution in [3.8, 4) is 0 Å². The lowest BCUT2D eigenvalue weighted by molar-refractivity contribution is -0.119. The Balaban J connectivity index is 2.43. The second-order valence-electron chi connectivity index (χ2n) is 4.39. The Labute approximate surface area is 96.8 Å². The van der Waals surface area contributed by atoms with E-state index in [1.807, 2.05) is 0 Å². The van der Waals surface area contributed by atoms with Gasteiger partial charge in [-0.25, -0.2) is 0 Å². The van der Waals surface area contributed by atoms with Crippen molar-refractivity contribution in [2.45, 2.75) is 38.7 Å². The number of methoxy groups -OCH3 is 1. The van der Waals surface area contributed by atoms with Crippen molar-refractivity contribution in [3.63, 3.8) is 0 Å². The van der Waals surface area contributed by atoms with E-state index in [1.54, 1.807) is 20.1 Å². The van der Waals surface area contributed by atoms with E-state index in [0.29, 0.717) is 6.42 Å². The number of allylic oxidation sites excluding steroid dienone is 2. The normalized spacial score (nSPS) is 22.6. The molecule has 2 atom stereocenters. The molecule has 0 aromatic rings. The largest absolute Gasteiger partial charge is 0.501 e. The third-order valence-corrected chi connectivity index (χ3v) is 3.06. The summed E-state index contributed by atoms with van der Waals surface area (Å²) in [5.74, 6) is 0.923. The monoisotopic (exact) mass is 224 g/mol. The summed E-state index contributed by atoms with van der Waals surface area (Å²) in [6.45, 7) is 5.50. The number of carbonyl (C=O) groups excluding carboxylic acids is 1. The zero-order chi connectivity index (χ0) is 12.1. The van der Waals surface area contributed by atoms with Gasteiger partial charge in [-0.2, -0.15) is 0 Å². The molecule has 1 N–H and O–H groups in total. The Hall–Kier alpha value is -1.09. The van der Waals surface area contributed by atoms with Crippen LogP contribution in [0.3, 0.4) is 0 Å². The first-order valence-electron chi connectivity index (χ1n) is 5.66. The summed E-state index contributed by atoms with van der Waals surface area (Å²) < 4.78 is 5.05. The number of aliphatic hydroxyl groups is 1. The summed E-state index contributed by atoms with van der Waals surface area (Å²) in [4.78, 5) is 11.7. The Morgan fingerprint density at radius 2 is 2.44 bits per heavy atom. The fraction of sp³-hybridized carbons (Fsp3) is 0.615. The molecule has 0 radical (unpaired) electrons. The molecular weight excluding hydrogens is 204 g/mol. The number of ketones is 1. The Bertz CT molecular complexity index is 304. The second kappa shape index (κ2) is 5.85. The highest BCUT2D eigenvalue weighted by Crippen LogP contribution is 2.25. The summed E-state index contributed by atoms with van der Waals surface area (Å²) in [6, 6.07) is 0. The minimum absolute atomic E-state index is 0.0351. The maximum Gasteiger partial charge on any atom is 0.162 e. The van der Waals surface area contributed by atoms with Crippen molar-refractivity contribution in [3.05, 3.63) is 24.0 Å². The average Bonchev–Trinajstić information content (AvgIpc) is 2.26. The van der Waals surface area contributed by atoms with E-state index in [0.717, 1.165) is 30.6 Å². The van der Waals surface area contributed by atoms with Crippen molar-refractivity contribution >= 4 is 5.78 Å². The molecule has 0 aromatic heterocycles. The molecule has 0 heterocycles. The predicted octanol–water partition coefficient (Wildman–Crippen LogP) is 2.21. The van der Waals surface area contributed by atoms with E-state index >= 15 is 0 Å². The predicted molar refractivity (Wildman–Crippen MR) is 62.9 cm³/mol. The van der Waals surface area contributed by atoms with E-state index in [9.17, 15) is 9.90 Å². The highest BCUT2D eigenvalue weighted by atomic mass is 16.5. The van der Waals surface area contributed by atoms with Crippen LogP contribution in [0, 0.1) is 5.92 Å². The molecule has 1 rings (SSSR count). The molecule has 1 aliphatic rings. The number of rotatable bonds is 5. The number of carbonyl (C=O) groups is 1. The molecule has 1 aliphatic carbocycles. The summed E-state index contributed by atoms with van der Waals surface area (Å²) in [7, 11) is 1.59. The molecule has 16 heavy (non-hydrogen) atoms. The lowest BCUT2D eigenvalue weighted by Crippen LogP contribution is -2.20. The highest BCUT2D eigenvalue weighted by Gasteiger charge is 2.23. The number of hydrogen-bond donors (Lipinski definition) is 1. The molecule has 0 amide bonds. The topological polar surface area (TPSA) is 46.5 Å².